The topological polar surface area (TPSA) is 102 Å². The van der Waals surface area contributed by atoms with Crippen molar-refractivity contribution in [2.45, 2.75) is 13.5 Å². The smallest absolute Gasteiger partial charge is 0.266 e. The zero-order valence-electron chi connectivity index (χ0n) is 11.6. The molecule has 6 nitrogen and oxygen atoms in total. The van der Waals surface area contributed by atoms with Crippen LogP contribution >= 0.6 is 11.3 Å². The van der Waals surface area contributed by atoms with E-state index in [0.29, 0.717) is 22.8 Å². The number of hydrogen-bond acceptors (Lipinski definition) is 5. The van der Waals surface area contributed by atoms with Gasteiger partial charge in [0.25, 0.3) is 5.91 Å². The van der Waals surface area contributed by atoms with Crippen molar-refractivity contribution in [2.75, 3.05) is 12.3 Å². The Kier molecular flexibility index (Phi) is 4.54. The number of rotatable bonds is 5. The van der Waals surface area contributed by atoms with Crippen LogP contribution in [0.3, 0.4) is 0 Å². The van der Waals surface area contributed by atoms with Crippen molar-refractivity contribution in [3.8, 4) is 0 Å². The van der Waals surface area contributed by atoms with Crippen LogP contribution < -0.4 is 11.5 Å². The number of aryl methyl sites for hydroxylation is 1. The van der Waals surface area contributed by atoms with Gasteiger partial charge >= 0.3 is 0 Å². The molecule has 0 saturated heterocycles. The fourth-order valence-corrected chi connectivity index (χ4v) is 2.65. The van der Waals surface area contributed by atoms with Gasteiger partial charge in [-0.15, -0.1) is 11.3 Å². The second kappa shape index (κ2) is 6.36. The lowest BCUT2D eigenvalue weighted by Crippen LogP contribution is -2.37. The molecule has 0 aliphatic carbocycles. The number of primary amides is 1. The monoisotopic (exact) mass is 304 g/mol. The number of amides is 2. The van der Waals surface area contributed by atoms with Gasteiger partial charge in [0.1, 0.15) is 11.4 Å². The number of benzene rings is 1. The van der Waals surface area contributed by atoms with Crippen LogP contribution in [-0.2, 0) is 11.3 Å². The van der Waals surface area contributed by atoms with Crippen LogP contribution in [0.2, 0.25) is 0 Å². The Hall–Kier alpha value is -2.41. The number of nitrogens with two attached hydrogens (primary N) is 2. The van der Waals surface area contributed by atoms with Gasteiger partial charge in [-0.25, -0.2) is 4.98 Å². The highest BCUT2D eigenvalue weighted by atomic mass is 32.1. The van der Waals surface area contributed by atoms with Crippen molar-refractivity contribution in [2.24, 2.45) is 5.73 Å². The molecule has 1 heterocycles. The molecule has 0 spiro atoms. The molecule has 0 aliphatic heterocycles. The molecule has 0 fully saturated rings. The summed E-state index contributed by atoms with van der Waals surface area (Å²) in [6.45, 7) is 1.91. The Balaban J connectivity index is 2.22. The van der Waals surface area contributed by atoms with Gasteiger partial charge < -0.3 is 16.4 Å². The maximum Gasteiger partial charge on any atom is 0.266 e. The fraction of sp³-hybridized carbons (Fsp3) is 0.214. The zero-order valence-corrected chi connectivity index (χ0v) is 12.4. The highest BCUT2D eigenvalue weighted by molar-refractivity contribution is 7.11. The minimum absolute atomic E-state index is 0.138. The Morgan fingerprint density at radius 2 is 1.95 bits per heavy atom. The van der Waals surface area contributed by atoms with Gasteiger partial charge in [-0.1, -0.05) is 12.1 Å². The van der Waals surface area contributed by atoms with Gasteiger partial charge in [0.15, 0.2) is 0 Å². The minimum atomic E-state index is -0.555. The SMILES string of the molecule is Cc1ncsc1C(=O)N(CC(N)=O)Cc1ccc(N)cc1. The van der Waals surface area contributed by atoms with Crippen molar-refractivity contribution in [3.05, 3.63) is 45.9 Å². The van der Waals surface area contributed by atoms with Crippen LogP contribution in [0, 0.1) is 6.92 Å². The third kappa shape index (κ3) is 3.79. The summed E-state index contributed by atoms with van der Waals surface area (Å²) in [6.07, 6.45) is 0. The summed E-state index contributed by atoms with van der Waals surface area (Å²) in [5.74, 6) is -0.799. The van der Waals surface area contributed by atoms with E-state index in [4.69, 9.17) is 11.5 Å². The average Bonchev–Trinajstić information content (AvgIpc) is 2.85. The van der Waals surface area contributed by atoms with E-state index in [0.717, 1.165) is 5.56 Å². The highest BCUT2D eigenvalue weighted by Crippen LogP contribution is 2.17. The summed E-state index contributed by atoms with van der Waals surface area (Å²) in [7, 11) is 0. The molecule has 1 aromatic heterocycles. The molecule has 0 radical (unpaired) electrons. The Morgan fingerprint density at radius 3 is 2.48 bits per heavy atom. The third-order valence-electron chi connectivity index (χ3n) is 2.93. The summed E-state index contributed by atoms with van der Waals surface area (Å²) in [5, 5.41) is 0. The molecule has 2 aromatic rings. The summed E-state index contributed by atoms with van der Waals surface area (Å²) in [5.41, 5.74) is 14.6. The highest BCUT2D eigenvalue weighted by Gasteiger charge is 2.21. The number of aromatic nitrogens is 1. The molecule has 0 bridgehead atoms. The number of carbonyl (C=O) groups excluding carboxylic acids is 2. The van der Waals surface area contributed by atoms with Crippen LogP contribution in [0.1, 0.15) is 20.9 Å². The minimum Gasteiger partial charge on any atom is -0.399 e. The van der Waals surface area contributed by atoms with E-state index in [9.17, 15) is 9.59 Å². The maximum absolute atomic E-state index is 12.5. The van der Waals surface area contributed by atoms with Gasteiger partial charge in [-0.3, -0.25) is 9.59 Å². The second-order valence-electron chi connectivity index (χ2n) is 4.64. The molecule has 0 unspecified atom stereocenters. The Morgan fingerprint density at radius 1 is 1.29 bits per heavy atom. The van der Waals surface area contributed by atoms with Crippen molar-refractivity contribution < 1.29 is 9.59 Å². The molecule has 21 heavy (non-hydrogen) atoms. The molecule has 2 rings (SSSR count). The summed E-state index contributed by atoms with van der Waals surface area (Å²) in [6, 6.07) is 7.13. The Labute approximate surface area is 126 Å². The predicted molar refractivity (Wildman–Crippen MR) is 81.6 cm³/mol. The molecular formula is C14H16N4O2S. The third-order valence-corrected chi connectivity index (χ3v) is 3.84. The van der Waals surface area contributed by atoms with Gasteiger partial charge in [-0.05, 0) is 24.6 Å². The lowest BCUT2D eigenvalue weighted by atomic mass is 10.2. The van der Waals surface area contributed by atoms with Crippen molar-refractivity contribution >= 4 is 28.8 Å². The largest absolute Gasteiger partial charge is 0.399 e. The first-order valence-electron chi connectivity index (χ1n) is 6.29. The standard InChI is InChI=1S/C14H16N4O2S/c1-9-13(21-8-17-9)14(20)18(7-12(16)19)6-10-2-4-11(15)5-3-10/h2-5,8H,6-7,15H2,1H3,(H2,16,19). The van der Waals surface area contributed by atoms with E-state index in [1.54, 1.807) is 24.6 Å². The maximum atomic E-state index is 12.5. The molecular weight excluding hydrogens is 288 g/mol. The number of carbonyl (C=O) groups is 2. The second-order valence-corrected chi connectivity index (χ2v) is 5.49. The molecule has 1 aromatic carbocycles. The number of thiazole rings is 1. The van der Waals surface area contributed by atoms with Gasteiger partial charge in [0.05, 0.1) is 11.2 Å². The number of nitrogen functional groups attached to an aromatic ring is 1. The number of hydrogen-bond donors (Lipinski definition) is 2. The van der Waals surface area contributed by atoms with E-state index in [2.05, 4.69) is 4.98 Å². The van der Waals surface area contributed by atoms with Crippen LogP contribution in [0.15, 0.2) is 29.8 Å². The zero-order chi connectivity index (χ0) is 15.4. The normalized spacial score (nSPS) is 10.3. The molecule has 0 saturated carbocycles. The van der Waals surface area contributed by atoms with E-state index in [-0.39, 0.29) is 12.5 Å². The molecule has 110 valence electrons. The van der Waals surface area contributed by atoms with Crippen LogP contribution in [-0.4, -0.2) is 28.2 Å². The van der Waals surface area contributed by atoms with Gasteiger partial charge in [0.2, 0.25) is 5.91 Å². The first kappa shape index (κ1) is 15.0. The first-order valence-corrected chi connectivity index (χ1v) is 7.17. The molecule has 2 amide bonds. The lowest BCUT2D eigenvalue weighted by molar-refractivity contribution is -0.118. The summed E-state index contributed by atoms with van der Waals surface area (Å²) >= 11 is 1.25. The van der Waals surface area contributed by atoms with Gasteiger partial charge in [0, 0.05) is 12.2 Å². The van der Waals surface area contributed by atoms with E-state index in [1.165, 1.54) is 16.2 Å². The molecule has 0 aliphatic rings. The van der Waals surface area contributed by atoms with Crippen molar-refractivity contribution in [1.82, 2.24) is 9.88 Å². The van der Waals surface area contributed by atoms with E-state index < -0.39 is 5.91 Å². The average molecular weight is 304 g/mol. The van der Waals surface area contributed by atoms with Crippen molar-refractivity contribution in [1.29, 1.82) is 0 Å². The fourth-order valence-electron chi connectivity index (χ4n) is 1.88. The van der Waals surface area contributed by atoms with Crippen LogP contribution in [0.25, 0.3) is 0 Å². The quantitative estimate of drug-likeness (QED) is 0.809. The lowest BCUT2D eigenvalue weighted by Gasteiger charge is -2.21. The summed E-state index contributed by atoms with van der Waals surface area (Å²) in [4.78, 5) is 29.7. The summed E-state index contributed by atoms with van der Waals surface area (Å²) < 4.78 is 0. The predicted octanol–water partition coefficient (Wildman–Crippen LogP) is 1.16. The van der Waals surface area contributed by atoms with Crippen LogP contribution in [0.4, 0.5) is 5.69 Å². The number of nitrogens with zero attached hydrogens (tertiary/aromatic N) is 2. The van der Waals surface area contributed by atoms with E-state index >= 15 is 0 Å². The van der Waals surface area contributed by atoms with Crippen molar-refractivity contribution in [3.63, 3.8) is 0 Å². The number of anilines is 1. The van der Waals surface area contributed by atoms with Crippen LogP contribution in [0.5, 0.6) is 0 Å². The Bertz CT molecular complexity index is 651. The van der Waals surface area contributed by atoms with E-state index in [1.807, 2.05) is 12.1 Å². The van der Waals surface area contributed by atoms with Gasteiger partial charge in [-0.2, -0.15) is 0 Å². The molecule has 7 heteroatoms. The molecule has 4 N–H and O–H groups in total. The molecule has 0 atom stereocenters. The first-order chi connectivity index (χ1) is 9.97.